The predicted molar refractivity (Wildman–Crippen MR) is 117 cm³/mol. The summed E-state index contributed by atoms with van der Waals surface area (Å²) in [7, 11) is 0. The molecule has 9 N–H and O–H groups in total. The molecule has 0 bridgehead atoms. The molecule has 0 saturated heterocycles. The third-order valence-electron chi connectivity index (χ3n) is 4.72. The summed E-state index contributed by atoms with van der Waals surface area (Å²) in [4.78, 5) is 55.9. The number of unbranched alkanes of at least 4 members (excludes halogenated alkanes) is 1. The summed E-state index contributed by atoms with van der Waals surface area (Å²) in [5.74, 6) is -2.79. The molecule has 1 aromatic heterocycles. The maximum absolute atomic E-state index is 12.9. The van der Waals surface area contributed by atoms with Crippen molar-refractivity contribution in [3.63, 3.8) is 0 Å². The van der Waals surface area contributed by atoms with Gasteiger partial charge < -0.3 is 37.5 Å². The van der Waals surface area contributed by atoms with E-state index in [4.69, 9.17) is 11.5 Å². The molecule has 3 atom stereocenters. The van der Waals surface area contributed by atoms with Crippen LogP contribution in [0.2, 0.25) is 0 Å². The van der Waals surface area contributed by atoms with Crippen molar-refractivity contribution in [1.29, 1.82) is 0 Å². The molecular weight excluding hydrogens is 418 g/mol. The summed E-state index contributed by atoms with van der Waals surface area (Å²) >= 11 is 0. The number of aliphatic carboxylic acids is 1. The van der Waals surface area contributed by atoms with E-state index in [-0.39, 0.29) is 25.3 Å². The Labute approximate surface area is 187 Å². The molecule has 1 heterocycles. The molecule has 0 spiro atoms. The fourth-order valence-corrected chi connectivity index (χ4v) is 3.08. The number of H-pyrrole nitrogens is 1. The van der Waals surface area contributed by atoms with Crippen LogP contribution in [0.15, 0.2) is 12.5 Å². The van der Waals surface area contributed by atoms with E-state index < -0.39 is 41.8 Å². The smallest absolute Gasteiger partial charge is 0.326 e. The number of aromatic nitrogens is 2. The van der Waals surface area contributed by atoms with Crippen LogP contribution in [0.4, 0.5) is 0 Å². The lowest BCUT2D eigenvalue weighted by Crippen LogP contribution is -2.57. The number of imidazole rings is 1. The second-order valence-electron chi connectivity index (χ2n) is 7.98. The number of carboxylic acids is 1. The normalized spacial score (nSPS) is 13.8. The van der Waals surface area contributed by atoms with Crippen molar-refractivity contribution >= 4 is 23.7 Å². The molecule has 0 aromatic carbocycles. The van der Waals surface area contributed by atoms with E-state index in [1.54, 1.807) is 0 Å². The van der Waals surface area contributed by atoms with Crippen LogP contribution in [0.5, 0.6) is 0 Å². The molecule has 0 aliphatic carbocycles. The van der Waals surface area contributed by atoms with Gasteiger partial charge in [0.05, 0.1) is 12.9 Å². The van der Waals surface area contributed by atoms with Crippen LogP contribution in [0.25, 0.3) is 0 Å². The highest BCUT2D eigenvalue weighted by Gasteiger charge is 2.30. The quantitative estimate of drug-likeness (QED) is 0.157. The van der Waals surface area contributed by atoms with E-state index in [0.717, 1.165) is 0 Å². The second kappa shape index (κ2) is 14.1. The number of nitrogens with zero attached hydrogens (tertiary/aromatic N) is 1. The fraction of sp³-hybridized carbons (Fsp3) is 0.650. The van der Waals surface area contributed by atoms with Gasteiger partial charge in [0, 0.05) is 18.3 Å². The van der Waals surface area contributed by atoms with E-state index in [0.29, 0.717) is 31.5 Å². The number of carbonyl (C=O) groups excluding carboxylic acids is 3. The SMILES string of the molecule is CC(C)CC(NC(=O)CN)C(=O)NC(Cc1cnc[nH]1)C(=O)NC(CCCCN)C(=O)O. The highest BCUT2D eigenvalue weighted by Crippen LogP contribution is 2.08. The van der Waals surface area contributed by atoms with Crippen LogP contribution in [0.3, 0.4) is 0 Å². The van der Waals surface area contributed by atoms with Crippen LogP contribution >= 0.6 is 0 Å². The number of carboxylic acid groups (broad SMARTS) is 1. The minimum absolute atomic E-state index is 0.0615. The average molecular weight is 454 g/mol. The van der Waals surface area contributed by atoms with Gasteiger partial charge in [-0.25, -0.2) is 9.78 Å². The summed E-state index contributed by atoms with van der Waals surface area (Å²) in [6, 6.07) is -3.08. The standard InChI is InChI=1S/C20H35N7O5/c1-12(2)7-15(25-17(28)9-22)18(29)27-16(8-13-10-23-11-24-13)19(30)26-14(20(31)32)5-3-4-6-21/h10-12,14-16H,3-9,21-22H2,1-2H3,(H,23,24)(H,25,28)(H,26,30)(H,27,29)(H,31,32). The number of amides is 3. The summed E-state index contributed by atoms with van der Waals surface area (Å²) in [6.45, 7) is 3.93. The first-order chi connectivity index (χ1) is 15.2. The third-order valence-corrected chi connectivity index (χ3v) is 4.72. The molecule has 0 saturated carbocycles. The van der Waals surface area contributed by atoms with Gasteiger partial charge in [-0.2, -0.15) is 0 Å². The van der Waals surface area contributed by atoms with Crippen molar-refractivity contribution < 1.29 is 24.3 Å². The maximum atomic E-state index is 12.9. The molecule has 0 aliphatic rings. The molecule has 3 unspecified atom stereocenters. The summed E-state index contributed by atoms with van der Waals surface area (Å²) in [5, 5.41) is 17.1. The van der Waals surface area contributed by atoms with Crippen LogP contribution in [0, 0.1) is 5.92 Å². The third kappa shape index (κ3) is 9.88. The van der Waals surface area contributed by atoms with Crippen LogP contribution in [-0.4, -0.2) is 70.0 Å². The number of nitrogens with one attached hydrogen (secondary N) is 4. The Kier molecular flexibility index (Phi) is 12.0. The monoisotopic (exact) mass is 453 g/mol. The van der Waals surface area contributed by atoms with E-state index >= 15 is 0 Å². The zero-order valence-electron chi connectivity index (χ0n) is 18.6. The lowest BCUT2D eigenvalue weighted by Gasteiger charge is -2.25. The van der Waals surface area contributed by atoms with Gasteiger partial charge in [-0.1, -0.05) is 13.8 Å². The highest BCUT2D eigenvalue weighted by molar-refractivity contribution is 5.93. The van der Waals surface area contributed by atoms with Gasteiger partial charge in [0.1, 0.15) is 18.1 Å². The molecule has 0 fully saturated rings. The van der Waals surface area contributed by atoms with Gasteiger partial charge in [0.25, 0.3) is 0 Å². The molecule has 12 nitrogen and oxygen atoms in total. The molecule has 1 aromatic rings. The number of rotatable bonds is 15. The van der Waals surface area contributed by atoms with Gasteiger partial charge in [0.2, 0.25) is 17.7 Å². The van der Waals surface area contributed by atoms with Gasteiger partial charge in [0.15, 0.2) is 0 Å². The fourth-order valence-electron chi connectivity index (χ4n) is 3.08. The Balaban J connectivity index is 2.98. The van der Waals surface area contributed by atoms with Gasteiger partial charge in [-0.3, -0.25) is 14.4 Å². The minimum Gasteiger partial charge on any atom is -0.480 e. The first-order valence-electron chi connectivity index (χ1n) is 10.7. The first-order valence-corrected chi connectivity index (χ1v) is 10.7. The summed E-state index contributed by atoms with van der Waals surface area (Å²) in [5.41, 5.74) is 11.4. The molecule has 32 heavy (non-hydrogen) atoms. The molecule has 12 heteroatoms. The number of nitrogens with two attached hydrogens (primary N) is 2. The Hall–Kier alpha value is -2.99. The maximum Gasteiger partial charge on any atom is 0.326 e. The number of hydrogen-bond acceptors (Lipinski definition) is 7. The van der Waals surface area contributed by atoms with E-state index in [9.17, 15) is 24.3 Å². The van der Waals surface area contributed by atoms with Crippen LogP contribution in [-0.2, 0) is 25.6 Å². The molecular formula is C20H35N7O5. The Morgan fingerprint density at radius 3 is 2.22 bits per heavy atom. The minimum atomic E-state index is -1.17. The Bertz CT molecular complexity index is 739. The number of carbonyl (C=O) groups is 4. The van der Waals surface area contributed by atoms with Crippen molar-refractivity contribution in [3.8, 4) is 0 Å². The first kappa shape index (κ1) is 27.0. The summed E-state index contributed by atoms with van der Waals surface area (Å²) < 4.78 is 0. The van der Waals surface area contributed by atoms with Crippen molar-refractivity contribution in [1.82, 2.24) is 25.9 Å². The Morgan fingerprint density at radius 2 is 1.69 bits per heavy atom. The molecule has 0 aliphatic heterocycles. The van der Waals surface area contributed by atoms with Crippen molar-refractivity contribution in [2.24, 2.45) is 17.4 Å². The van der Waals surface area contributed by atoms with E-state index in [1.807, 2.05) is 13.8 Å². The number of hydrogen-bond donors (Lipinski definition) is 7. The molecule has 180 valence electrons. The molecule has 3 amide bonds. The number of aromatic amines is 1. The molecule has 1 rings (SSSR count). The van der Waals surface area contributed by atoms with Gasteiger partial charge >= 0.3 is 5.97 Å². The van der Waals surface area contributed by atoms with Crippen molar-refractivity contribution in [3.05, 3.63) is 18.2 Å². The molecule has 0 radical (unpaired) electrons. The second-order valence-corrected chi connectivity index (χ2v) is 7.98. The average Bonchev–Trinajstić information content (AvgIpc) is 3.24. The zero-order chi connectivity index (χ0) is 24.1. The topological polar surface area (TPSA) is 205 Å². The van der Waals surface area contributed by atoms with Gasteiger partial charge in [-0.15, -0.1) is 0 Å². The van der Waals surface area contributed by atoms with Crippen LogP contribution in [0.1, 0.15) is 45.2 Å². The zero-order valence-corrected chi connectivity index (χ0v) is 18.6. The van der Waals surface area contributed by atoms with E-state index in [1.165, 1.54) is 12.5 Å². The predicted octanol–water partition coefficient (Wildman–Crippen LogP) is -1.37. The largest absolute Gasteiger partial charge is 0.480 e. The Morgan fingerprint density at radius 1 is 1.03 bits per heavy atom. The lowest BCUT2D eigenvalue weighted by atomic mass is 10.0. The van der Waals surface area contributed by atoms with Crippen molar-refractivity contribution in [2.45, 2.75) is 64.1 Å². The van der Waals surface area contributed by atoms with Gasteiger partial charge in [-0.05, 0) is 38.1 Å². The van der Waals surface area contributed by atoms with Crippen molar-refractivity contribution in [2.75, 3.05) is 13.1 Å². The highest BCUT2D eigenvalue weighted by atomic mass is 16.4. The van der Waals surface area contributed by atoms with E-state index in [2.05, 4.69) is 25.9 Å². The summed E-state index contributed by atoms with van der Waals surface area (Å²) in [6.07, 6.45) is 4.72. The lowest BCUT2D eigenvalue weighted by molar-refractivity contribution is -0.142. The van der Waals surface area contributed by atoms with Crippen LogP contribution < -0.4 is 27.4 Å².